The van der Waals surface area contributed by atoms with Crippen LogP contribution in [-0.4, -0.2) is 45.5 Å². The van der Waals surface area contributed by atoms with E-state index in [1.807, 2.05) is 19.1 Å². The molecule has 2 aromatic rings. The van der Waals surface area contributed by atoms with Crippen molar-refractivity contribution in [3.63, 3.8) is 0 Å². The minimum absolute atomic E-state index is 0.0249. The van der Waals surface area contributed by atoms with Crippen molar-refractivity contribution in [2.24, 2.45) is 17.3 Å². The molecule has 1 heterocycles. The predicted octanol–water partition coefficient (Wildman–Crippen LogP) is 5.66. The van der Waals surface area contributed by atoms with Crippen molar-refractivity contribution in [1.29, 1.82) is 5.26 Å². The van der Waals surface area contributed by atoms with Gasteiger partial charge in [0.05, 0.1) is 30.4 Å². The molecule has 2 aromatic carbocycles. The topological polar surface area (TPSA) is 103 Å². The number of rotatable bonds is 3. The number of hydrogen-bond donors (Lipinski definition) is 3. The molecule has 43 heavy (non-hydrogen) atoms. The van der Waals surface area contributed by atoms with Gasteiger partial charge in [-0.25, -0.2) is 0 Å². The average molecular weight is 580 g/mol. The molecule has 7 atom stereocenters. The first-order valence-corrected chi connectivity index (χ1v) is 15.8. The highest BCUT2D eigenvalue weighted by atomic mass is 16.7. The van der Waals surface area contributed by atoms with E-state index >= 15 is 0 Å². The molecule has 6 heteroatoms. The first-order chi connectivity index (χ1) is 20.6. The largest absolute Gasteiger partial charge is 0.385 e. The van der Waals surface area contributed by atoms with E-state index in [1.165, 1.54) is 11.1 Å². The van der Waals surface area contributed by atoms with Crippen LogP contribution in [0, 0.1) is 40.4 Å². The van der Waals surface area contributed by atoms with Crippen molar-refractivity contribution in [2.45, 2.75) is 94.2 Å². The fourth-order valence-electron chi connectivity index (χ4n) is 9.57. The highest BCUT2D eigenvalue weighted by molar-refractivity contribution is 5.46. The van der Waals surface area contributed by atoms with Gasteiger partial charge < -0.3 is 24.8 Å². The summed E-state index contributed by atoms with van der Waals surface area (Å²) in [6.45, 7) is 5.20. The zero-order valence-corrected chi connectivity index (χ0v) is 25.1. The lowest BCUT2D eigenvalue weighted by atomic mass is 9.49. The number of aliphatic hydroxyl groups is 3. The lowest BCUT2D eigenvalue weighted by Gasteiger charge is -2.57. The number of benzene rings is 2. The van der Waals surface area contributed by atoms with E-state index in [0.717, 1.165) is 48.8 Å². The summed E-state index contributed by atoms with van der Waals surface area (Å²) in [6.07, 6.45) is 5.07. The van der Waals surface area contributed by atoms with Gasteiger partial charge in [-0.15, -0.1) is 5.92 Å². The number of hydrogen-bond acceptors (Lipinski definition) is 6. The van der Waals surface area contributed by atoms with E-state index in [0.29, 0.717) is 44.0 Å². The van der Waals surface area contributed by atoms with E-state index in [4.69, 9.17) is 14.7 Å². The van der Waals surface area contributed by atoms with E-state index in [2.05, 4.69) is 37.0 Å². The maximum atomic E-state index is 12.2. The van der Waals surface area contributed by atoms with Gasteiger partial charge in [0, 0.05) is 24.2 Å². The quantitative estimate of drug-likeness (QED) is 0.320. The third-order valence-corrected chi connectivity index (χ3v) is 11.7. The molecule has 7 rings (SSSR count). The molecule has 1 aliphatic heterocycles. The van der Waals surface area contributed by atoms with Crippen molar-refractivity contribution >= 4 is 0 Å². The van der Waals surface area contributed by atoms with Crippen molar-refractivity contribution in [2.75, 3.05) is 13.2 Å². The highest BCUT2D eigenvalue weighted by Gasteiger charge is 2.64. The van der Waals surface area contributed by atoms with Gasteiger partial charge >= 0.3 is 0 Å². The Bertz CT molecular complexity index is 1540. The first kappa shape index (κ1) is 28.8. The molecule has 224 valence electrons. The zero-order chi connectivity index (χ0) is 30.0. The van der Waals surface area contributed by atoms with Crippen LogP contribution < -0.4 is 0 Å². The van der Waals surface area contributed by atoms with Crippen LogP contribution in [0.2, 0.25) is 0 Å². The summed E-state index contributed by atoms with van der Waals surface area (Å²) < 4.78 is 12.2. The third-order valence-electron chi connectivity index (χ3n) is 11.7. The van der Waals surface area contributed by atoms with Crippen LogP contribution in [0.5, 0.6) is 0 Å². The van der Waals surface area contributed by atoms with Crippen molar-refractivity contribution in [3.05, 3.63) is 81.9 Å². The Morgan fingerprint density at radius 1 is 0.930 bits per heavy atom. The van der Waals surface area contributed by atoms with E-state index < -0.39 is 23.1 Å². The Morgan fingerprint density at radius 2 is 1.60 bits per heavy atom. The molecule has 3 saturated carbocycles. The normalized spacial score (nSPS) is 36.6. The minimum Gasteiger partial charge on any atom is -0.385 e. The Labute approximate surface area is 254 Å². The summed E-state index contributed by atoms with van der Waals surface area (Å²) in [5.74, 6) is 6.18. The van der Waals surface area contributed by atoms with Gasteiger partial charge in [0.1, 0.15) is 11.7 Å². The number of fused-ring (bicyclic) bond motifs is 4. The number of allylic oxidation sites excluding steroid dienone is 1. The molecule has 0 amide bonds. The van der Waals surface area contributed by atoms with Gasteiger partial charge in [-0.1, -0.05) is 54.8 Å². The fraction of sp³-hybridized carbons (Fsp3) is 0.541. The third kappa shape index (κ3) is 4.42. The lowest BCUT2D eigenvalue weighted by Crippen LogP contribution is -2.55. The summed E-state index contributed by atoms with van der Waals surface area (Å²) in [5.41, 5.74) is 3.38. The highest BCUT2D eigenvalue weighted by Crippen LogP contribution is 2.67. The van der Waals surface area contributed by atoms with E-state index in [-0.39, 0.29) is 17.3 Å². The summed E-state index contributed by atoms with van der Waals surface area (Å²) >= 11 is 0. The molecule has 6 nitrogen and oxygen atoms in total. The van der Waals surface area contributed by atoms with Gasteiger partial charge in [-0.05, 0) is 91.7 Å². The molecule has 0 aromatic heterocycles. The minimum atomic E-state index is -1.04. The van der Waals surface area contributed by atoms with Gasteiger partial charge in [0.2, 0.25) is 0 Å². The Balaban J connectivity index is 1.29. The molecule has 1 spiro atoms. The monoisotopic (exact) mass is 579 g/mol. The number of nitriles is 1. The zero-order valence-electron chi connectivity index (χ0n) is 25.1. The van der Waals surface area contributed by atoms with Crippen LogP contribution in [0.15, 0.2) is 59.7 Å². The molecular formula is C37H41NO5. The summed E-state index contributed by atoms with van der Waals surface area (Å²) in [4.78, 5) is 0. The second-order valence-electron chi connectivity index (χ2n) is 13.8. The molecule has 0 radical (unpaired) electrons. The molecule has 4 aliphatic carbocycles. The van der Waals surface area contributed by atoms with Crippen LogP contribution in [0.4, 0.5) is 0 Å². The predicted molar refractivity (Wildman–Crippen MR) is 161 cm³/mol. The van der Waals surface area contributed by atoms with Gasteiger partial charge in [-0.3, -0.25) is 0 Å². The van der Waals surface area contributed by atoms with Crippen molar-refractivity contribution in [3.8, 4) is 17.9 Å². The van der Waals surface area contributed by atoms with Crippen LogP contribution in [-0.2, 0) is 9.47 Å². The standard InChI is InChI=1S/C37H41NO5/c1-3-15-36(41)17-13-30-28-12-16-35(40)23-37(42-19-20-43-37)18-14-31(35)32(28)29(21-34(30,36)2)25-8-10-27(11-9-25)33(39)26-6-4-24(22-38)5-7-26/h4-11,28-30,33,39-41H,12-14,16-21,23H2,1-2H3/t28-,29+,30-,33?,34-,35+,36+/m0/s1. The van der Waals surface area contributed by atoms with E-state index in [9.17, 15) is 15.3 Å². The van der Waals surface area contributed by atoms with Crippen molar-refractivity contribution < 1.29 is 24.8 Å². The summed E-state index contributed by atoms with van der Waals surface area (Å²) in [6, 6.07) is 17.4. The van der Waals surface area contributed by atoms with Crippen LogP contribution in [0.25, 0.3) is 0 Å². The summed E-state index contributed by atoms with van der Waals surface area (Å²) in [5, 5.41) is 44.5. The molecule has 1 unspecified atom stereocenters. The number of aliphatic hydroxyl groups excluding tert-OH is 1. The first-order valence-electron chi connectivity index (χ1n) is 15.8. The Morgan fingerprint density at radius 3 is 2.26 bits per heavy atom. The van der Waals surface area contributed by atoms with Crippen molar-refractivity contribution in [1.82, 2.24) is 0 Å². The second kappa shape index (κ2) is 10.3. The van der Waals surface area contributed by atoms with Gasteiger partial charge in [0.25, 0.3) is 0 Å². The maximum absolute atomic E-state index is 12.2. The molecule has 4 fully saturated rings. The molecular weight excluding hydrogens is 538 g/mol. The van der Waals surface area contributed by atoms with Crippen LogP contribution >= 0.6 is 0 Å². The summed E-state index contributed by atoms with van der Waals surface area (Å²) in [7, 11) is 0. The van der Waals surface area contributed by atoms with E-state index in [1.54, 1.807) is 24.3 Å². The Hall–Kier alpha value is -2.97. The average Bonchev–Trinajstić information content (AvgIpc) is 3.57. The molecule has 0 bridgehead atoms. The fourth-order valence-corrected chi connectivity index (χ4v) is 9.57. The SMILES string of the molecule is CC#C[C@@]1(O)CC[C@H]2[C@@H]3CC[C@@]4(O)CC5(CCC4=C3[C@@H](c3ccc(C(O)c4ccc(C#N)cc4)cc3)C[C@@]21C)OCCO5. The second-order valence-corrected chi connectivity index (χ2v) is 13.8. The maximum Gasteiger partial charge on any atom is 0.171 e. The lowest BCUT2D eigenvalue weighted by molar-refractivity contribution is -0.208. The van der Waals surface area contributed by atoms with Crippen LogP contribution in [0.1, 0.15) is 99.5 Å². The smallest absolute Gasteiger partial charge is 0.171 e. The molecule has 5 aliphatic rings. The van der Waals surface area contributed by atoms with Gasteiger partial charge in [0.15, 0.2) is 5.79 Å². The van der Waals surface area contributed by atoms with Gasteiger partial charge in [-0.2, -0.15) is 5.26 Å². The Kier molecular flexibility index (Phi) is 6.89. The van der Waals surface area contributed by atoms with Crippen LogP contribution in [0.3, 0.4) is 0 Å². The number of nitrogens with zero attached hydrogens (tertiary/aromatic N) is 1. The molecule has 1 saturated heterocycles. The molecule has 3 N–H and O–H groups in total. The number of ether oxygens (including phenoxy) is 2.